The van der Waals surface area contributed by atoms with Gasteiger partial charge in [0.15, 0.2) is 0 Å². The summed E-state index contributed by atoms with van der Waals surface area (Å²) in [7, 11) is 2.00. The van der Waals surface area contributed by atoms with E-state index in [4.69, 9.17) is 17.2 Å². The van der Waals surface area contributed by atoms with Gasteiger partial charge >= 0.3 is 0 Å². The molecule has 1 fully saturated rings. The zero-order chi connectivity index (χ0) is 55.6. The molecule has 77 heavy (non-hydrogen) atoms. The third kappa shape index (κ3) is 17.6. The molecule has 412 valence electrons. The molecule has 3 aromatic carbocycles. The maximum Gasteiger partial charge on any atom is 0.244 e. The van der Waals surface area contributed by atoms with Gasteiger partial charge in [0.1, 0.15) is 53.9 Å². The van der Waals surface area contributed by atoms with E-state index in [2.05, 4.69) is 52.2 Å². The molecule has 0 saturated carbocycles. The predicted octanol–water partition coefficient (Wildman–Crippen LogP) is 0.826. The number of H-pyrrole nitrogens is 2. The number of primary amides is 1. The van der Waals surface area contributed by atoms with Crippen molar-refractivity contribution in [3.8, 4) is 0 Å². The van der Waals surface area contributed by atoms with Crippen LogP contribution in [0.15, 0.2) is 91.5 Å². The number of hydrogen-bond donors (Lipinski definition) is 12. The summed E-state index contributed by atoms with van der Waals surface area (Å²) >= 11 is 0. The van der Waals surface area contributed by atoms with E-state index < -0.39 is 113 Å². The number of benzene rings is 3. The van der Waals surface area contributed by atoms with Gasteiger partial charge in [-0.15, -0.1) is 0 Å². The van der Waals surface area contributed by atoms with E-state index in [0.29, 0.717) is 35.2 Å². The van der Waals surface area contributed by atoms with Crippen LogP contribution in [0.2, 0.25) is 0 Å². The van der Waals surface area contributed by atoms with Gasteiger partial charge < -0.3 is 64.4 Å². The number of nitrogens with zero attached hydrogens (tertiary/aromatic N) is 1. The highest BCUT2D eigenvalue weighted by Crippen LogP contribution is 2.25. The summed E-state index contributed by atoms with van der Waals surface area (Å²) in [5.74, 6) is -8.62. The van der Waals surface area contributed by atoms with E-state index in [1.54, 1.807) is 20.0 Å². The summed E-state index contributed by atoms with van der Waals surface area (Å²) in [6.45, 7) is 3.59. The molecule has 8 atom stereocenters. The Morgan fingerprint density at radius 1 is 0.727 bits per heavy atom. The Kier molecular flexibility index (Phi) is 21.9. The van der Waals surface area contributed by atoms with Crippen molar-refractivity contribution in [2.45, 2.75) is 107 Å². The first-order valence-corrected chi connectivity index (χ1v) is 27.5. The van der Waals surface area contributed by atoms with Gasteiger partial charge in [-0.25, -0.2) is 13.8 Å². The SMILES string of the molecule is CC(C)C1NC(=O)[C@H](CCCCN)NC(=O)C(Cc2c[nH]c3ccccc23)NC(=O)[C@H](Cc2cnc[nH]2)NC(=O)C(NC(=O)[C@@H](N)Cc2ccc(F)cc2)CSSCC(C(=O)N[C@@H](Cc2ccc(F)cc2)C(N)=O)NC1=O. The first-order chi connectivity index (χ1) is 36.9. The number of para-hydroxylation sites is 1. The van der Waals surface area contributed by atoms with Crippen molar-refractivity contribution in [1.29, 1.82) is 0 Å². The lowest BCUT2D eigenvalue weighted by atomic mass is 10.00. The highest BCUT2D eigenvalue weighted by molar-refractivity contribution is 8.76. The molecule has 3 heterocycles. The fourth-order valence-electron chi connectivity index (χ4n) is 8.38. The largest absolute Gasteiger partial charge is 0.368 e. The highest BCUT2D eigenvalue weighted by Gasteiger charge is 2.36. The molecule has 1 saturated heterocycles. The second kappa shape index (κ2) is 28.7. The number of nitrogens with two attached hydrogens (primary N) is 3. The fourth-order valence-corrected chi connectivity index (χ4v) is 10.7. The van der Waals surface area contributed by atoms with Crippen molar-refractivity contribution in [3.63, 3.8) is 0 Å². The number of halogens is 2. The van der Waals surface area contributed by atoms with E-state index in [-0.39, 0.29) is 50.2 Å². The molecule has 1 aliphatic heterocycles. The quantitative estimate of drug-likeness (QED) is 0.0428. The number of amides is 8. The minimum atomic E-state index is -1.43. The summed E-state index contributed by atoms with van der Waals surface area (Å²) < 4.78 is 27.5. The number of rotatable bonds is 18. The van der Waals surface area contributed by atoms with E-state index >= 15 is 0 Å². The average molecular weight is 1100 g/mol. The Bertz CT molecular complexity index is 2820. The van der Waals surface area contributed by atoms with Crippen LogP contribution in [0.4, 0.5) is 8.78 Å². The molecular weight excluding hydrogens is 1040 g/mol. The monoisotopic (exact) mass is 1100 g/mol. The van der Waals surface area contributed by atoms with Crippen LogP contribution in [0.1, 0.15) is 55.5 Å². The third-order valence-corrected chi connectivity index (χ3v) is 15.1. The Labute approximate surface area is 451 Å². The normalized spacial score (nSPS) is 21.2. The smallest absolute Gasteiger partial charge is 0.244 e. The van der Waals surface area contributed by atoms with Crippen LogP contribution in [0.25, 0.3) is 10.9 Å². The van der Waals surface area contributed by atoms with Crippen molar-refractivity contribution in [2.24, 2.45) is 23.1 Å². The summed E-state index contributed by atoms with van der Waals surface area (Å²) in [5.41, 5.74) is 20.7. The number of aromatic nitrogens is 3. The van der Waals surface area contributed by atoms with Gasteiger partial charge in [0.25, 0.3) is 0 Å². The maximum atomic E-state index is 14.7. The number of carbonyl (C=O) groups excluding carboxylic acids is 8. The first kappa shape index (κ1) is 58.9. The summed E-state index contributed by atoms with van der Waals surface area (Å²) in [6.07, 6.45) is 4.99. The average Bonchev–Trinajstić information content (AvgIpc) is 4.08. The molecule has 21 nitrogen and oxygen atoms in total. The minimum Gasteiger partial charge on any atom is -0.368 e. The Morgan fingerprint density at radius 2 is 1.34 bits per heavy atom. The number of carbonyl (C=O) groups is 8. The summed E-state index contributed by atoms with van der Waals surface area (Å²) in [6, 6.07) is 7.11. The second-order valence-corrected chi connectivity index (χ2v) is 21.5. The van der Waals surface area contributed by atoms with E-state index in [1.807, 2.05) is 24.3 Å². The molecule has 15 N–H and O–H groups in total. The van der Waals surface area contributed by atoms with Gasteiger partial charge in [0.05, 0.1) is 12.4 Å². The Morgan fingerprint density at radius 3 is 1.97 bits per heavy atom. The number of nitrogens with one attached hydrogen (secondary N) is 9. The van der Waals surface area contributed by atoms with Gasteiger partial charge in [-0.2, -0.15) is 0 Å². The summed E-state index contributed by atoms with van der Waals surface area (Å²) in [5, 5.41) is 19.8. The molecule has 25 heteroatoms. The van der Waals surface area contributed by atoms with E-state index in [9.17, 15) is 47.1 Å². The number of imidazole rings is 1. The number of hydrogen-bond acceptors (Lipinski definition) is 13. The predicted molar refractivity (Wildman–Crippen MR) is 288 cm³/mol. The molecule has 5 aromatic rings. The minimum absolute atomic E-state index is 0.0390. The van der Waals surface area contributed by atoms with Crippen molar-refractivity contribution in [3.05, 3.63) is 126 Å². The first-order valence-electron chi connectivity index (χ1n) is 25.0. The van der Waals surface area contributed by atoms with E-state index in [1.165, 1.54) is 61.1 Å². The molecule has 0 spiro atoms. The lowest BCUT2D eigenvalue weighted by molar-refractivity contribution is -0.136. The fraction of sp³-hybridized carbons (Fsp3) is 0.404. The standard InChI is InChI=1S/C52H65F2N13O8S2/c1-28(2)44-52(75)66-43(50(73)62-39(45(57)68)20-30-12-16-33(54)17-13-30)26-77-76-25-42(65-46(69)36(56)19-29-10-14-32(53)15-11-29)51(74)64-41(22-34-24-58-27-60-34)49(72)63-40(21-31-23-59-37-8-4-3-7-35(31)37)48(71)61-38(47(70)67-44)9-5-6-18-55/h3-4,7-8,10-17,23-24,27-28,36,38-44,59H,5-6,9,18-22,25-26,55-56H2,1-2H3,(H2,57,68)(H,58,60)(H,61,71)(H,62,73)(H,63,72)(H,64,74)(H,65,69)(H,66,75)(H,67,70)/t36-,38-,39-,40?,41-,42?,43?,44?/m0/s1. The van der Waals surface area contributed by atoms with Gasteiger partial charge in [0, 0.05) is 59.8 Å². The van der Waals surface area contributed by atoms with Crippen LogP contribution in [-0.4, -0.2) is 129 Å². The zero-order valence-corrected chi connectivity index (χ0v) is 44.1. The Balaban J connectivity index is 1.37. The lowest BCUT2D eigenvalue weighted by Crippen LogP contribution is -2.61. The number of unbranched alkanes of at least 4 members (excludes halogenated alkanes) is 1. The zero-order valence-electron chi connectivity index (χ0n) is 42.4. The van der Waals surface area contributed by atoms with Crippen LogP contribution in [0, 0.1) is 17.6 Å². The van der Waals surface area contributed by atoms with Gasteiger partial charge in [-0.3, -0.25) is 38.4 Å². The molecule has 4 unspecified atom stereocenters. The van der Waals surface area contributed by atoms with Crippen molar-refractivity contribution in [1.82, 2.24) is 52.2 Å². The Hall–Kier alpha value is -7.35. The highest BCUT2D eigenvalue weighted by atomic mass is 33.1. The van der Waals surface area contributed by atoms with Gasteiger partial charge in [-0.1, -0.05) is 77.9 Å². The van der Waals surface area contributed by atoms with E-state index in [0.717, 1.165) is 32.5 Å². The maximum absolute atomic E-state index is 14.7. The van der Waals surface area contributed by atoms with Gasteiger partial charge in [0.2, 0.25) is 47.3 Å². The van der Waals surface area contributed by atoms with Crippen LogP contribution < -0.4 is 54.4 Å². The van der Waals surface area contributed by atoms with Crippen molar-refractivity contribution in [2.75, 3.05) is 18.1 Å². The third-order valence-electron chi connectivity index (χ3n) is 12.7. The van der Waals surface area contributed by atoms with Gasteiger partial charge in [-0.05, 0) is 85.2 Å². The van der Waals surface area contributed by atoms with Crippen LogP contribution in [-0.2, 0) is 64.0 Å². The van der Waals surface area contributed by atoms with Crippen LogP contribution in [0.5, 0.6) is 0 Å². The number of fused-ring (bicyclic) bond motifs is 1. The molecule has 0 radical (unpaired) electrons. The molecule has 6 rings (SSSR count). The molecule has 1 aliphatic rings. The van der Waals surface area contributed by atoms with Crippen molar-refractivity contribution >= 4 is 79.7 Å². The molecule has 0 bridgehead atoms. The van der Waals surface area contributed by atoms with Crippen LogP contribution in [0.3, 0.4) is 0 Å². The molecular formula is C52H65F2N13O8S2. The summed E-state index contributed by atoms with van der Waals surface area (Å²) in [4.78, 5) is 124. The second-order valence-electron chi connectivity index (χ2n) is 19.0. The lowest BCUT2D eigenvalue weighted by Gasteiger charge is -2.29. The topological polar surface area (TPSA) is 343 Å². The molecule has 2 aromatic heterocycles. The molecule has 0 aliphatic carbocycles. The van der Waals surface area contributed by atoms with Crippen LogP contribution >= 0.6 is 21.6 Å². The number of aromatic amines is 2. The van der Waals surface area contributed by atoms with Crippen molar-refractivity contribution < 1.29 is 47.1 Å². The molecule has 8 amide bonds.